The number of aromatic nitrogens is 2. The highest BCUT2D eigenvalue weighted by molar-refractivity contribution is 5.78. The van der Waals surface area contributed by atoms with Gasteiger partial charge in [-0.3, -0.25) is 4.68 Å². The largest absolute Gasteiger partial charge is 0.507 e. The van der Waals surface area contributed by atoms with Gasteiger partial charge in [-0.15, -0.1) is 0 Å². The van der Waals surface area contributed by atoms with Gasteiger partial charge in [0.2, 0.25) is 0 Å². The fourth-order valence-electron chi connectivity index (χ4n) is 2.35. The zero-order chi connectivity index (χ0) is 12.2. The van der Waals surface area contributed by atoms with Crippen molar-refractivity contribution in [3.05, 3.63) is 30.0 Å². The van der Waals surface area contributed by atoms with E-state index in [0.29, 0.717) is 5.75 Å². The Morgan fingerprint density at radius 1 is 1.35 bits per heavy atom. The molecule has 0 amide bonds. The predicted octanol–water partition coefficient (Wildman–Crippen LogP) is 2.42. The third kappa shape index (κ3) is 1.27. The molecule has 0 unspecified atom stereocenters. The highest BCUT2D eigenvalue weighted by Crippen LogP contribution is 2.48. The lowest BCUT2D eigenvalue weighted by atomic mass is 9.91. The summed E-state index contributed by atoms with van der Waals surface area (Å²) in [5.41, 5.74) is 2.22. The van der Waals surface area contributed by atoms with E-state index in [-0.39, 0.29) is 5.75 Å². The number of rotatable bonds is 0. The Morgan fingerprint density at radius 2 is 2.12 bits per heavy atom. The van der Waals surface area contributed by atoms with Crippen LogP contribution in [0.25, 0.3) is 11.3 Å². The second kappa shape index (κ2) is 3.03. The Balaban J connectivity index is 2.39. The average Bonchev–Trinajstić information content (AvgIpc) is 2.61. The summed E-state index contributed by atoms with van der Waals surface area (Å²) in [7, 11) is 1.87. The molecule has 2 aromatic rings. The minimum atomic E-state index is -0.426. The van der Waals surface area contributed by atoms with Gasteiger partial charge in [-0.2, -0.15) is 5.10 Å². The molecule has 1 aromatic carbocycles. The highest BCUT2D eigenvalue weighted by atomic mass is 16.5. The third-order valence-corrected chi connectivity index (χ3v) is 3.19. The number of aromatic hydroxyl groups is 1. The van der Waals surface area contributed by atoms with Crippen LogP contribution in [-0.4, -0.2) is 14.9 Å². The van der Waals surface area contributed by atoms with Crippen LogP contribution < -0.4 is 4.74 Å². The van der Waals surface area contributed by atoms with Gasteiger partial charge >= 0.3 is 0 Å². The average molecular weight is 230 g/mol. The first-order valence-electron chi connectivity index (χ1n) is 5.54. The Bertz CT molecular complexity index is 599. The van der Waals surface area contributed by atoms with Crippen molar-refractivity contribution in [1.82, 2.24) is 9.78 Å². The zero-order valence-corrected chi connectivity index (χ0v) is 10.1. The van der Waals surface area contributed by atoms with E-state index in [0.717, 1.165) is 16.8 Å². The van der Waals surface area contributed by atoms with E-state index in [9.17, 15) is 5.11 Å². The molecule has 0 fully saturated rings. The summed E-state index contributed by atoms with van der Waals surface area (Å²) in [6, 6.07) is 5.32. The number of phenolic OH excluding ortho intramolecular Hbond substituents is 1. The molecule has 0 atom stereocenters. The maximum Gasteiger partial charge on any atom is 0.133 e. The molecule has 0 saturated carbocycles. The van der Waals surface area contributed by atoms with Crippen LogP contribution in [-0.2, 0) is 12.6 Å². The number of hydrogen-bond donors (Lipinski definition) is 1. The normalized spacial score (nSPS) is 15.9. The number of phenols is 1. The van der Waals surface area contributed by atoms with Crippen LogP contribution in [0, 0.1) is 0 Å². The van der Waals surface area contributed by atoms with E-state index in [4.69, 9.17) is 4.74 Å². The van der Waals surface area contributed by atoms with E-state index < -0.39 is 5.60 Å². The van der Waals surface area contributed by atoms with Crippen molar-refractivity contribution in [3.63, 3.8) is 0 Å². The van der Waals surface area contributed by atoms with Gasteiger partial charge in [0.1, 0.15) is 17.1 Å². The Hall–Kier alpha value is -1.97. The van der Waals surface area contributed by atoms with Gasteiger partial charge in [0.25, 0.3) is 0 Å². The topological polar surface area (TPSA) is 47.3 Å². The molecule has 0 saturated heterocycles. The van der Waals surface area contributed by atoms with Crippen LogP contribution in [0.2, 0.25) is 0 Å². The summed E-state index contributed by atoms with van der Waals surface area (Å²) in [6.45, 7) is 4.00. The summed E-state index contributed by atoms with van der Waals surface area (Å²) < 4.78 is 7.70. The molecule has 1 aliphatic heterocycles. The van der Waals surface area contributed by atoms with Crippen molar-refractivity contribution in [2.24, 2.45) is 7.05 Å². The van der Waals surface area contributed by atoms with E-state index >= 15 is 0 Å². The monoisotopic (exact) mass is 230 g/mol. The molecule has 4 heteroatoms. The lowest BCUT2D eigenvalue weighted by Gasteiger charge is -2.32. The van der Waals surface area contributed by atoms with Crippen molar-refractivity contribution < 1.29 is 9.84 Å². The molecule has 88 valence electrons. The summed E-state index contributed by atoms with van der Waals surface area (Å²) in [5.74, 6) is 0.925. The fourth-order valence-corrected chi connectivity index (χ4v) is 2.35. The molecule has 0 aliphatic carbocycles. The summed E-state index contributed by atoms with van der Waals surface area (Å²) in [6.07, 6.45) is 1.80. The van der Waals surface area contributed by atoms with E-state index in [1.807, 2.05) is 27.0 Å². The Kier molecular flexibility index (Phi) is 1.82. The minimum absolute atomic E-state index is 0.225. The van der Waals surface area contributed by atoms with Crippen molar-refractivity contribution in [2.75, 3.05) is 0 Å². The number of nitrogens with zero attached hydrogens (tertiary/aromatic N) is 2. The minimum Gasteiger partial charge on any atom is -0.507 e. The number of hydrogen-bond acceptors (Lipinski definition) is 3. The van der Waals surface area contributed by atoms with Crippen LogP contribution >= 0.6 is 0 Å². The molecule has 1 N–H and O–H groups in total. The number of ether oxygens (including phenoxy) is 1. The van der Waals surface area contributed by atoms with Crippen molar-refractivity contribution in [1.29, 1.82) is 0 Å². The molecular formula is C13H14N2O2. The third-order valence-electron chi connectivity index (χ3n) is 3.19. The fraction of sp³-hybridized carbons (Fsp3) is 0.308. The second-order valence-electron chi connectivity index (χ2n) is 4.79. The Morgan fingerprint density at radius 3 is 2.88 bits per heavy atom. The smallest absolute Gasteiger partial charge is 0.133 e. The second-order valence-corrected chi connectivity index (χ2v) is 4.79. The lowest BCUT2D eigenvalue weighted by Crippen LogP contribution is -2.29. The summed E-state index contributed by atoms with van der Waals surface area (Å²) >= 11 is 0. The molecule has 17 heavy (non-hydrogen) atoms. The molecule has 2 heterocycles. The van der Waals surface area contributed by atoms with Gasteiger partial charge in [0, 0.05) is 12.6 Å². The first kappa shape index (κ1) is 10.2. The van der Waals surface area contributed by atoms with Crippen LogP contribution in [0.4, 0.5) is 0 Å². The predicted molar refractivity (Wildman–Crippen MR) is 64.0 cm³/mol. The van der Waals surface area contributed by atoms with Crippen LogP contribution in [0.3, 0.4) is 0 Å². The molecule has 4 nitrogen and oxygen atoms in total. The number of aryl methyl sites for hydroxylation is 1. The van der Waals surface area contributed by atoms with Gasteiger partial charge in [-0.05, 0) is 26.0 Å². The van der Waals surface area contributed by atoms with Crippen molar-refractivity contribution >= 4 is 0 Å². The maximum absolute atomic E-state index is 10.00. The summed E-state index contributed by atoms with van der Waals surface area (Å²) in [5, 5.41) is 14.3. The van der Waals surface area contributed by atoms with E-state index in [1.165, 1.54) is 0 Å². The van der Waals surface area contributed by atoms with Gasteiger partial charge < -0.3 is 9.84 Å². The van der Waals surface area contributed by atoms with Crippen molar-refractivity contribution in [3.8, 4) is 22.8 Å². The van der Waals surface area contributed by atoms with E-state index in [1.54, 1.807) is 23.0 Å². The SMILES string of the molecule is Cn1ncc2c1-c1c(O)cccc1OC2(C)C. The van der Waals surface area contributed by atoms with E-state index in [2.05, 4.69) is 5.10 Å². The van der Waals surface area contributed by atoms with Gasteiger partial charge in [-0.25, -0.2) is 0 Å². The summed E-state index contributed by atoms with van der Waals surface area (Å²) in [4.78, 5) is 0. The van der Waals surface area contributed by atoms with Crippen LogP contribution in [0.5, 0.6) is 11.5 Å². The zero-order valence-electron chi connectivity index (χ0n) is 10.1. The first-order valence-corrected chi connectivity index (χ1v) is 5.54. The lowest BCUT2D eigenvalue weighted by molar-refractivity contribution is 0.105. The number of fused-ring (bicyclic) bond motifs is 3. The molecular weight excluding hydrogens is 216 g/mol. The Labute approximate surface area is 99.5 Å². The maximum atomic E-state index is 10.00. The molecule has 0 bridgehead atoms. The van der Waals surface area contributed by atoms with Crippen LogP contribution in [0.15, 0.2) is 24.4 Å². The standard InChI is InChI=1S/C13H14N2O2/c1-13(2)8-7-14-15(3)12(8)11-9(16)5-4-6-10(11)17-13/h4-7,16H,1-3H3. The molecule has 1 aromatic heterocycles. The first-order chi connectivity index (χ1) is 8.00. The number of benzene rings is 1. The highest BCUT2D eigenvalue weighted by Gasteiger charge is 2.36. The van der Waals surface area contributed by atoms with Gasteiger partial charge in [0.15, 0.2) is 0 Å². The van der Waals surface area contributed by atoms with Crippen molar-refractivity contribution in [2.45, 2.75) is 19.4 Å². The molecule has 0 spiro atoms. The van der Waals surface area contributed by atoms with Gasteiger partial charge in [-0.1, -0.05) is 6.07 Å². The van der Waals surface area contributed by atoms with Crippen LogP contribution in [0.1, 0.15) is 19.4 Å². The quantitative estimate of drug-likeness (QED) is 0.756. The molecule has 0 radical (unpaired) electrons. The molecule has 3 rings (SSSR count). The van der Waals surface area contributed by atoms with Gasteiger partial charge in [0.05, 0.1) is 17.5 Å². The molecule has 1 aliphatic rings.